The van der Waals surface area contributed by atoms with Gasteiger partial charge in [0.1, 0.15) is 11.2 Å². The molecule has 10 rings (SSSR count). The van der Waals surface area contributed by atoms with Crippen molar-refractivity contribution in [2.24, 2.45) is 0 Å². The van der Waals surface area contributed by atoms with Gasteiger partial charge in [-0.3, -0.25) is 0 Å². The summed E-state index contributed by atoms with van der Waals surface area (Å²) in [6.07, 6.45) is 0. The Balaban J connectivity index is 1.45. The first-order chi connectivity index (χ1) is 24.8. The highest BCUT2D eigenvalue weighted by molar-refractivity contribution is 6.22. The molecule has 0 radical (unpaired) electrons. The quantitative estimate of drug-likeness (QED) is 0.188. The normalized spacial score (nSPS) is 11.6. The molecule has 0 bridgehead atoms. The van der Waals surface area contributed by atoms with E-state index in [1.54, 1.807) is 0 Å². The molecule has 0 saturated heterocycles. The van der Waals surface area contributed by atoms with Gasteiger partial charge in [0.2, 0.25) is 0 Å². The Kier molecular flexibility index (Phi) is 6.53. The maximum Gasteiger partial charge on any atom is 0.137 e. The van der Waals surface area contributed by atoms with Crippen LogP contribution in [-0.2, 0) is 0 Å². The summed E-state index contributed by atoms with van der Waals surface area (Å²) in [5.41, 5.74) is 9.76. The van der Waals surface area contributed by atoms with Crippen LogP contribution in [0.5, 0.6) is 0 Å². The third-order valence-corrected chi connectivity index (χ3v) is 10.0. The van der Waals surface area contributed by atoms with Gasteiger partial charge in [0.15, 0.2) is 0 Å². The molecule has 0 fully saturated rings. The van der Waals surface area contributed by atoms with Gasteiger partial charge in [0.05, 0.1) is 11.0 Å². The molecule has 2 aromatic heterocycles. The predicted octanol–water partition coefficient (Wildman–Crippen LogP) is 13.4. The highest BCUT2D eigenvalue weighted by Crippen LogP contribution is 2.39. The molecule has 0 atom stereocenters. The van der Waals surface area contributed by atoms with E-state index in [1.165, 1.54) is 49.2 Å². The first-order valence-corrected chi connectivity index (χ1v) is 17.1. The number of furan rings is 1. The lowest BCUT2D eigenvalue weighted by Crippen LogP contribution is -1.98. The molecule has 0 saturated carbocycles. The Hall–Kier alpha value is -6.64. The maximum absolute atomic E-state index is 6.57. The summed E-state index contributed by atoms with van der Waals surface area (Å²) < 4.78 is 9.00. The lowest BCUT2D eigenvalue weighted by Gasteiger charge is -2.15. The van der Waals surface area contributed by atoms with Crippen LogP contribution in [0.4, 0.5) is 0 Å². The van der Waals surface area contributed by atoms with Crippen molar-refractivity contribution in [1.29, 1.82) is 0 Å². The van der Waals surface area contributed by atoms with Gasteiger partial charge in [-0.15, -0.1) is 0 Å². The number of aromatic nitrogens is 1. The largest absolute Gasteiger partial charge is 0.456 e. The fourth-order valence-electron chi connectivity index (χ4n) is 7.67. The highest BCUT2D eigenvalue weighted by atomic mass is 16.3. The fourth-order valence-corrected chi connectivity index (χ4v) is 7.67. The van der Waals surface area contributed by atoms with Crippen molar-refractivity contribution in [3.63, 3.8) is 0 Å². The fraction of sp³-hybridized carbons (Fsp3) is 0. The van der Waals surface area contributed by atoms with Crippen molar-refractivity contribution in [2.75, 3.05) is 0 Å². The summed E-state index contributed by atoms with van der Waals surface area (Å²) in [6.45, 7) is 0. The first-order valence-electron chi connectivity index (χ1n) is 17.1. The molecule has 2 heteroatoms. The van der Waals surface area contributed by atoms with Crippen molar-refractivity contribution in [3.8, 4) is 27.9 Å². The third kappa shape index (κ3) is 4.57. The molecule has 8 aromatic carbocycles. The monoisotopic (exact) mass is 637 g/mol. The van der Waals surface area contributed by atoms with Crippen LogP contribution in [0.1, 0.15) is 0 Å². The first kappa shape index (κ1) is 28.4. The lowest BCUT2D eigenvalue weighted by molar-refractivity contribution is 0.669. The molecule has 2 heterocycles. The molecular formula is C48H31NO. The number of hydrogen-bond acceptors (Lipinski definition) is 1. The van der Waals surface area contributed by atoms with E-state index in [1.807, 2.05) is 6.07 Å². The molecule has 0 amide bonds. The second-order valence-corrected chi connectivity index (χ2v) is 12.9. The van der Waals surface area contributed by atoms with Gasteiger partial charge in [-0.25, -0.2) is 0 Å². The minimum Gasteiger partial charge on any atom is -0.456 e. The molecule has 50 heavy (non-hydrogen) atoms. The number of hydrogen-bond donors (Lipinski definition) is 0. The summed E-state index contributed by atoms with van der Waals surface area (Å²) in [5, 5.41) is 9.34. The molecule has 0 unspecified atom stereocenters. The van der Waals surface area contributed by atoms with Crippen LogP contribution in [0.2, 0.25) is 0 Å². The lowest BCUT2D eigenvalue weighted by atomic mass is 9.99. The number of benzene rings is 8. The molecule has 0 N–H and O–H groups in total. The Labute approximate surface area is 289 Å². The van der Waals surface area contributed by atoms with E-state index >= 15 is 0 Å². The molecule has 0 aliphatic carbocycles. The summed E-state index contributed by atoms with van der Waals surface area (Å²) in [7, 11) is 0. The van der Waals surface area contributed by atoms with Crippen LogP contribution in [0.25, 0.3) is 93.2 Å². The number of rotatable bonds is 3. The van der Waals surface area contributed by atoms with E-state index in [4.69, 9.17) is 4.42 Å². The topological polar surface area (TPSA) is 18.1 Å². The van der Waals surface area contributed by atoms with Gasteiger partial charge >= 0.3 is 0 Å². The van der Waals surface area contributed by atoms with Crippen LogP contribution >= 0.6 is 0 Å². The van der Waals surface area contributed by atoms with Crippen LogP contribution in [0.15, 0.2) is 192 Å². The standard InChI is InChI=1S/C48H31NO/c1-3-13-32(14-4-1)34-23-26-36(27-24-34)49-45-28-25-35(33-15-5-2-6-16-33)29-42(45)39-19-9-7-17-37(39)38-18-8-10-20-40(38)43-30-44-41-21-11-12-22-47(41)50-48(44)31-46(43)49/h1-31H. The molecule has 234 valence electrons. The maximum atomic E-state index is 6.57. The summed E-state index contributed by atoms with van der Waals surface area (Å²) in [4.78, 5) is 0. The van der Waals surface area contributed by atoms with Crippen molar-refractivity contribution in [1.82, 2.24) is 4.57 Å². The molecule has 0 aliphatic rings. The second-order valence-electron chi connectivity index (χ2n) is 12.9. The van der Waals surface area contributed by atoms with E-state index in [-0.39, 0.29) is 0 Å². The van der Waals surface area contributed by atoms with Crippen LogP contribution in [0.3, 0.4) is 0 Å². The van der Waals surface area contributed by atoms with Gasteiger partial charge < -0.3 is 8.98 Å². The minimum absolute atomic E-state index is 0.868. The van der Waals surface area contributed by atoms with Gasteiger partial charge in [-0.2, -0.15) is 0 Å². The van der Waals surface area contributed by atoms with Crippen molar-refractivity contribution < 1.29 is 4.42 Å². The molecule has 2 nitrogen and oxygen atoms in total. The van der Waals surface area contributed by atoms with Crippen molar-refractivity contribution >= 4 is 65.3 Å². The number of fused-ring (bicyclic) bond motifs is 10. The number of nitrogens with zero attached hydrogens (tertiary/aromatic N) is 1. The Morgan fingerprint density at radius 1 is 0.280 bits per heavy atom. The summed E-state index contributed by atoms with van der Waals surface area (Å²) in [6, 6.07) is 67.7. The predicted molar refractivity (Wildman–Crippen MR) is 212 cm³/mol. The van der Waals surface area contributed by atoms with Crippen LogP contribution in [0, 0.1) is 0 Å². The SMILES string of the molecule is c1ccc(-c2ccc(-n3c4ccc(-c5ccccc5)cc4c4ccccc4c4ccccc4c4cc5c(cc43)oc3ccccc35)cc2)cc1. The molecule has 0 aliphatic heterocycles. The second kappa shape index (κ2) is 11.5. The van der Waals surface area contributed by atoms with Crippen LogP contribution in [-0.4, -0.2) is 4.57 Å². The summed E-state index contributed by atoms with van der Waals surface area (Å²) >= 11 is 0. The zero-order valence-corrected chi connectivity index (χ0v) is 27.3. The minimum atomic E-state index is 0.868. The zero-order chi connectivity index (χ0) is 33.0. The number of para-hydroxylation sites is 1. The molecular weight excluding hydrogens is 607 g/mol. The van der Waals surface area contributed by atoms with E-state index in [9.17, 15) is 0 Å². The third-order valence-electron chi connectivity index (χ3n) is 10.0. The van der Waals surface area contributed by atoms with Gasteiger partial charge in [-0.05, 0) is 80.2 Å². The van der Waals surface area contributed by atoms with Gasteiger partial charge in [0.25, 0.3) is 0 Å². The average molecular weight is 638 g/mol. The van der Waals surface area contributed by atoms with E-state index in [0.717, 1.165) is 44.0 Å². The van der Waals surface area contributed by atoms with E-state index in [0.29, 0.717) is 0 Å². The summed E-state index contributed by atoms with van der Waals surface area (Å²) in [5.74, 6) is 0. The zero-order valence-electron chi connectivity index (χ0n) is 27.3. The van der Waals surface area contributed by atoms with Gasteiger partial charge in [-0.1, -0.05) is 146 Å². The van der Waals surface area contributed by atoms with E-state index in [2.05, 4.69) is 187 Å². The van der Waals surface area contributed by atoms with Gasteiger partial charge in [0, 0.05) is 33.3 Å². The average Bonchev–Trinajstić information content (AvgIpc) is 3.57. The van der Waals surface area contributed by atoms with Crippen LogP contribution < -0.4 is 0 Å². The van der Waals surface area contributed by atoms with E-state index < -0.39 is 0 Å². The smallest absolute Gasteiger partial charge is 0.137 e. The Morgan fingerprint density at radius 3 is 1.40 bits per heavy atom. The molecule has 0 spiro atoms. The molecule has 10 aromatic rings. The van der Waals surface area contributed by atoms with Crippen molar-refractivity contribution in [2.45, 2.75) is 0 Å². The Bertz CT molecular complexity index is 2950. The highest BCUT2D eigenvalue weighted by Gasteiger charge is 2.15. The Morgan fingerprint density at radius 2 is 0.760 bits per heavy atom. The van der Waals surface area contributed by atoms with Crippen molar-refractivity contribution in [3.05, 3.63) is 188 Å².